The van der Waals surface area contributed by atoms with E-state index in [2.05, 4.69) is 72.8 Å². The fourth-order valence-electron chi connectivity index (χ4n) is 3.35. The molecule has 0 aromatic heterocycles. The Kier molecular flexibility index (Phi) is 8.32. The summed E-state index contributed by atoms with van der Waals surface area (Å²) in [6.07, 6.45) is 0.588. The average Bonchev–Trinajstić information content (AvgIpc) is 2.62. The largest absolute Gasteiger partial charge is 0.147 e. The van der Waals surface area contributed by atoms with E-state index in [4.69, 9.17) is 0 Å². The van der Waals surface area contributed by atoms with Gasteiger partial charge in [-0.25, -0.2) is 0 Å². The molecule has 0 unspecified atom stereocenters. The van der Waals surface area contributed by atoms with Crippen molar-refractivity contribution < 1.29 is 4.79 Å². The van der Waals surface area contributed by atoms with Gasteiger partial charge in [-0.1, -0.05) is 0 Å². The minimum atomic E-state index is -2.34. The van der Waals surface area contributed by atoms with E-state index in [9.17, 15) is 4.79 Å². The zero-order valence-electron chi connectivity index (χ0n) is 14.1. The second kappa shape index (κ2) is 9.73. The molecule has 25 heavy (non-hydrogen) atoms. The van der Waals surface area contributed by atoms with Crippen LogP contribution in [0.5, 0.6) is 0 Å². The molecule has 0 bridgehead atoms. The molecule has 132 valence electrons. The van der Waals surface area contributed by atoms with Crippen LogP contribution in [0.15, 0.2) is 91.0 Å². The van der Waals surface area contributed by atoms with Crippen LogP contribution in [0.4, 0.5) is 0 Å². The Labute approximate surface area is 162 Å². The molecule has 0 N–H and O–H groups in total. The molecule has 0 aliphatic rings. The maximum Gasteiger partial charge on any atom is -0.147 e. The minimum Gasteiger partial charge on any atom is -0.147 e. The first kappa shape index (κ1) is 21.4. The van der Waals surface area contributed by atoms with Gasteiger partial charge >= 0.3 is 138 Å². The third kappa shape index (κ3) is 4.50. The molecule has 0 aliphatic heterocycles. The SMILES string of the molecule is CC(=O)C[PH](c1ccccc1)(c1ccccc1)c1ccccc1.Cl.Cl. The standard InChI is InChI=1S/C21H21OP.2ClH/c1-18(22)17-23(19-11-5-2-6-12-19,20-13-7-3-8-14-20)21-15-9-4-10-16-21;;/h2-16,23H,17H2,1H3;2*1H. The van der Waals surface area contributed by atoms with Crippen LogP contribution >= 0.6 is 32.1 Å². The van der Waals surface area contributed by atoms with Crippen molar-refractivity contribution in [1.82, 2.24) is 0 Å². The van der Waals surface area contributed by atoms with Crippen LogP contribution in [0.3, 0.4) is 0 Å². The van der Waals surface area contributed by atoms with Crippen LogP contribution < -0.4 is 15.9 Å². The normalized spacial score (nSPS) is 10.9. The van der Waals surface area contributed by atoms with Gasteiger partial charge in [-0.2, -0.15) is 0 Å². The van der Waals surface area contributed by atoms with E-state index >= 15 is 0 Å². The van der Waals surface area contributed by atoms with Crippen molar-refractivity contribution >= 4 is 53.8 Å². The van der Waals surface area contributed by atoms with Crippen molar-refractivity contribution in [3.05, 3.63) is 91.0 Å². The number of carbonyl (C=O) groups is 1. The van der Waals surface area contributed by atoms with Crippen molar-refractivity contribution in [2.24, 2.45) is 0 Å². The molecule has 3 aromatic rings. The Bertz CT molecular complexity index is 680. The van der Waals surface area contributed by atoms with Crippen molar-refractivity contribution in [1.29, 1.82) is 0 Å². The van der Waals surface area contributed by atoms with Gasteiger partial charge in [0, 0.05) is 0 Å². The van der Waals surface area contributed by atoms with Crippen molar-refractivity contribution in [3.63, 3.8) is 0 Å². The molecule has 4 heteroatoms. The van der Waals surface area contributed by atoms with E-state index in [1.807, 2.05) is 18.2 Å². The zero-order valence-corrected chi connectivity index (χ0v) is 16.7. The summed E-state index contributed by atoms with van der Waals surface area (Å²) in [4.78, 5) is 12.2. The smallest absolute Gasteiger partial charge is 0.147 e. The second-order valence-electron chi connectivity index (χ2n) is 5.88. The van der Waals surface area contributed by atoms with Gasteiger partial charge in [0.15, 0.2) is 0 Å². The Morgan fingerprint density at radius 3 is 1.16 bits per heavy atom. The minimum absolute atomic E-state index is 0. The Hall–Kier alpha value is -1.66. The summed E-state index contributed by atoms with van der Waals surface area (Å²) in [7, 11) is -2.34. The van der Waals surface area contributed by atoms with Gasteiger partial charge in [0.05, 0.1) is 0 Å². The molecule has 3 aromatic carbocycles. The number of halogens is 2. The van der Waals surface area contributed by atoms with Crippen molar-refractivity contribution in [2.45, 2.75) is 6.92 Å². The van der Waals surface area contributed by atoms with Crippen LogP contribution in [-0.4, -0.2) is 11.9 Å². The fourth-order valence-corrected chi connectivity index (χ4v) is 7.99. The predicted molar refractivity (Wildman–Crippen MR) is 117 cm³/mol. The first-order valence-electron chi connectivity index (χ1n) is 7.89. The molecule has 0 saturated carbocycles. The van der Waals surface area contributed by atoms with Crippen molar-refractivity contribution in [3.8, 4) is 0 Å². The summed E-state index contributed by atoms with van der Waals surface area (Å²) in [5.74, 6) is 0.244. The average molecular weight is 393 g/mol. The van der Waals surface area contributed by atoms with Gasteiger partial charge in [0.25, 0.3) is 0 Å². The fraction of sp³-hybridized carbons (Fsp3) is 0.0952. The second-order valence-corrected chi connectivity index (χ2v) is 9.78. The van der Waals surface area contributed by atoms with Crippen LogP contribution in [0.1, 0.15) is 6.92 Å². The summed E-state index contributed by atoms with van der Waals surface area (Å²) in [5.41, 5.74) is 0. The first-order chi connectivity index (χ1) is 11.2. The van der Waals surface area contributed by atoms with Gasteiger partial charge in [0.1, 0.15) is 0 Å². The monoisotopic (exact) mass is 392 g/mol. The molecule has 0 radical (unpaired) electrons. The van der Waals surface area contributed by atoms with E-state index in [0.717, 1.165) is 0 Å². The van der Waals surface area contributed by atoms with Crippen LogP contribution in [0, 0.1) is 0 Å². The van der Waals surface area contributed by atoms with Gasteiger partial charge in [-0.3, -0.25) is 0 Å². The molecule has 0 heterocycles. The van der Waals surface area contributed by atoms with E-state index in [1.165, 1.54) is 15.9 Å². The van der Waals surface area contributed by atoms with Crippen molar-refractivity contribution in [2.75, 3.05) is 6.16 Å². The van der Waals surface area contributed by atoms with Crippen LogP contribution in [0.25, 0.3) is 0 Å². The van der Waals surface area contributed by atoms with E-state index < -0.39 is 7.26 Å². The van der Waals surface area contributed by atoms with Gasteiger partial charge in [-0.15, -0.1) is 24.8 Å². The van der Waals surface area contributed by atoms with E-state index in [1.54, 1.807) is 6.92 Å². The molecule has 0 spiro atoms. The third-order valence-electron chi connectivity index (χ3n) is 4.31. The summed E-state index contributed by atoms with van der Waals surface area (Å²) in [6, 6.07) is 31.6. The summed E-state index contributed by atoms with van der Waals surface area (Å²) in [5, 5.41) is 3.85. The van der Waals surface area contributed by atoms with Gasteiger partial charge in [-0.05, 0) is 0 Å². The summed E-state index contributed by atoms with van der Waals surface area (Å²) in [6.45, 7) is 1.70. The maximum atomic E-state index is 12.2. The molecule has 0 atom stereocenters. The van der Waals surface area contributed by atoms with Gasteiger partial charge in [0.2, 0.25) is 0 Å². The van der Waals surface area contributed by atoms with Crippen LogP contribution in [-0.2, 0) is 4.79 Å². The zero-order chi connectivity index (χ0) is 16.1. The molecule has 0 amide bonds. The molecular weight excluding hydrogens is 370 g/mol. The number of carbonyl (C=O) groups excluding carboxylic acids is 1. The first-order valence-corrected chi connectivity index (χ1v) is 10.1. The number of ketones is 1. The number of benzene rings is 3. The quantitative estimate of drug-likeness (QED) is 0.596. The Balaban J connectivity index is 0.00000156. The van der Waals surface area contributed by atoms with Crippen LogP contribution in [0.2, 0.25) is 0 Å². The predicted octanol–water partition coefficient (Wildman–Crippen LogP) is 4.15. The van der Waals surface area contributed by atoms with E-state index in [0.29, 0.717) is 6.16 Å². The Morgan fingerprint density at radius 1 is 0.640 bits per heavy atom. The topological polar surface area (TPSA) is 17.1 Å². The maximum absolute atomic E-state index is 12.2. The number of rotatable bonds is 5. The number of hydrogen-bond donors (Lipinski definition) is 0. The summed E-state index contributed by atoms with van der Waals surface area (Å²) < 4.78 is 0. The molecule has 1 nitrogen and oxygen atoms in total. The summed E-state index contributed by atoms with van der Waals surface area (Å²) >= 11 is 0. The number of Topliss-reactive ketones (excluding diaryl/α,β-unsaturated/α-hetero) is 1. The van der Waals surface area contributed by atoms with Gasteiger partial charge < -0.3 is 0 Å². The molecule has 0 fully saturated rings. The third-order valence-corrected chi connectivity index (χ3v) is 9.30. The Morgan fingerprint density at radius 2 is 0.920 bits per heavy atom. The number of hydrogen-bond acceptors (Lipinski definition) is 1. The molecule has 0 saturated heterocycles. The molecular formula is C21H23Cl2OP. The molecule has 0 aliphatic carbocycles. The molecule has 3 rings (SSSR count). The van der Waals surface area contributed by atoms with E-state index in [-0.39, 0.29) is 30.6 Å².